The van der Waals surface area contributed by atoms with Crippen molar-refractivity contribution in [1.82, 2.24) is 13.7 Å². The number of aromatic nitrogens is 3. The Morgan fingerprint density at radius 3 is 0.933 bits per heavy atom. The van der Waals surface area contributed by atoms with Gasteiger partial charge in [0, 0.05) is 145 Å². The van der Waals surface area contributed by atoms with Crippen LogP contribution < -0.4 is 0 Å². The van der Waals surface area contributed by atoms with Crippen LogP contribution in [-0.2, 0) is 38.6 Å². The summed E-state index contributed by atoms with van der Waals surface area (Å²) in [6.45, 7) is 21.3. The Kier molecular flexibility index (Phi) is 23.7. The summed E-state index contributed by atoms with van der Waals surface area (Å²) in [5.74, 6) is 0.105. The molecule has 0 aliphatic heterocycles. The highest BCUT2D eigenvalue weighted by Crippen LogP contribution is 2.34. The number of hydrogen-bond acceptors (Lipinski definition) is 8. The van der Waals surface area contributed by atoms with E-state index >= 15 is 0 Å². The van der Waals surface area contributed by atoms with Crippen LogP contribution in [0.3, 0.4) is 0 Å². The second-order valence-electron chi connectivity index (χ2n) is 21.2. The van der Waals surface area contributed by atoms with Crippen molar-refractivity contribution >= 4 is 116 Å². The van der Waals surface area contributed by atoms with Crippen molar-refractivity contribution in [2.75, 3.05) is 39.6 Å². The maximum Gasteiger partial charge on any atom is 0.252 e. The van der Waals surface area contributed by atoms with Gasteiger partial charge in [0.15, 0.2) is 17.3 Å². The standard InChI is InChI=1S/C26H25NO3.C24H23NO2.C16H17NO.C8H7ClO.C2H3ClO/c1-4-30-14-13-27-24-11-9-19(18(3)28)15-22(24)23-16-20(10-12-25(23)27)26(29)21-8-6-5-7-17(21)2;1-3-27-15-14-25-22-11-7-6-10-20(22)21-16-18(12-13-23(21)25)24(26)19-9-5-4-8-17(19)2;1-2-18-12-11-17-15-9-5-3-7-13(15)14-8-4-6-10-16(14)17;1-6-4-2-3-5-7(6)8(9)10;1-2(3)4/h5-12,15-16H,4,13-14H2,1-3H3;4-13,16H,3,14-15H2,1-2H3;3-10H,2,11-12H2,1H3;2-5H,1H3;1H3. The smallest absolute Gasteiger partial charge is 0.252 e. The number of aryl methyl sites for hydroxylation is 3. The molecule has 0 unspecified atom stereocenters. The largest absolute Gasteiger partial charge is 0.380 e. The highest BCUT2D eigenvalue weighted by Gasteiger charge is 2.19. The number of nitrogens with zero attached hydrogens (tertiary/aromatic N) is 3. The molecular weight excluding hydrogens is 1150 g/mol. The monoisotopic (exact) mass is 1230 g/mol. The molecule has 89 heavy (non-hydrogen) atoms. The quantitative estimate of drug-likeness (QED) is 0.0472. The second kappa shape index (κ2) is 31.9. The molecule has 12 aromatic rings. The number of benzene rings is 9. The molecule has 0 N–H and O–H groups in total. The Balaban J connectivity index is 0.000000159. The molecule has 0 fully saturated rings. The van der Waals surface area contributed by atoms with Crippen molar-refractivity contribution in [3.05, 3.63) is 250 Å². The van der Waals surface area contributed by atoms with Crippen LogP contribution in [0.2, 0.25) is 0 Å². The summed E-state index contributed by atoms with van der Waals surface area (Å²) in [5, 5.41) is 6.13. The Morgan fingerprint density at radius 1 is 0.348 bits per heavy atom. The predicted octanol–water partition coefficient (Wildman–Crippen LogP) is 17.9. The van der Waals surface area contributed by atoms with Crippen LogP contribution in [0.1, 0.15) is 104 Å². The van der Waals surface area contributed by atoms with Gasteiger partial charge in [-0.25, -0.2) is 0 Å². The molecule has 0 spiro atoms. The summed E-state index contributed by atoms with van der Waals surface area (Å²) < 4.78 is 23.4. The first-order valence-electron chi connectivity index (χ1n) is 30.0. The summed E-state index contributed by atoms with van der Waals surface area (Å²) in [6.07, 6.45) is 0. The van der Waals surface area contributed by atoms with Gasteiger partial charge in [0.05, 0.1) is 19.8 Å². The highest BCUT2D eigenvalue weighted by atomic mass is 35.5. The molecule has 3 aromatic heterocycles. The first kappa shape index (κ1) is 66.1. The van der Waals surface area contributed by atoms with E-state index in [9.17, 15) is 24.0 Å². The SMILES string of the molecule is CC(=O)Cl.CCOCCn1c2ccc(C(C)=O)cc2c2cc(C(=O)c3ccccc3C)ccc21.CCOCCn1c2ccccc2c2cc(C(=O)c3ccccc3C)ccc21.CCOCCn1c2ccccc2c2ccccc21.Cc1ccccc1C(=O)Cl. The molecule has 13 heteroatoms. The summed E-state index contributed by atoms with van der Waals surface area (Å²) >= 11 is 9.91. The van der Waals surface area contributed by atoms with E-state index in [0.29, 0.717) is 55.2 Å². The summed E-state index contributed by atoms with van der Waals surface area (Å²) in [4.78, 5) is 58.0. The molecule has 456 valence electrons. The van der Waals surface area contributed by atoms with Gasteiger partial charge in [-0.3, -0.25) is 24.0 Å². The van der Waals surface area contributed by atoms with Crippen LogP contribution in [0.4, 0.5) is 0 Å². The number of ketones is 3. The number of Topliss-reactive ketones (excluding diaryl/α,β-unsaturated/α-hetero) is 1. The molecule has 0 radical (unpaired) electrons. The zero-order valence-electron chi connectivity index (χ0n) is 51.8. The molecule has 0 saturated carbocycles. The maximum absolute atomic E-state index is 13.2. The molecule has 0 atom stereocenters. The summed E-state index contributed by atoms with van der Waals surface area (Å²) in [5.41, 5.74) is 13.9. The molecule has 0 aliphatic rings. The van der Waals surface area contributed by atoms with Gasteiger partial charge in [-0.2, -0.15) is 0 Å². The number of rotatable bonds is 18. The van der Waals surface area contributed by atoms with E-state index < -0.39 is 5.24 Å². The molecule has 0 aliphatic carbocycles. The highest BCUT2D eigenvalue weighted by molar-refractivity contribution is 6.68. The van der Waals surface area contributed by atoms with Crippen LogP contribution >= 0.6 is 23.2 Å². The van der Waals surface area contributed by atoms with E-state index in [-0.39, 0.29) is 22.6 Å². The third-order valence-electron chi connectivity index (χ3n) is 15.4. The van der Waals surface area contributed by atoms with E-state index in [1.165, 1.54) is 39.6 Å². The number of para-hydroxylation sites is 3. The molecule has 0 bridgehead atoms. The third kappa shape index (κ3) is 16.1. The molecule has 11 nitrogen and oxygen atoms in total. The first-order chi connectivity index (χ1) is 43.1. The molecule has 0 saturated heterocycles. The zero-order valence-corrected chi connectivity index (χ0v) is 53.3. The van der Waals surface area contributed by atoms with Crippen molar-refractivity contribution in [2.45, 2.75) is 75.0 Å². The lowest BCUT2D eigenvalue weighted by Gasteiger charge is -2.08. The Hall–Kier alpha value is -8.81. The number of hydrogen-bond donors (Lipinski definition) is 0. The van der Waals surface area contributed by atoms with Crippen molar-refractivity contribution in [3.63, 3.8) is 0 Å². The van der Waals surface area contributed by atoms with E-state index in [0.717, 1.165) is 86.8 Å². The zero-order chi connectivity index (χ0) is 63.6. The molecular formula is C76H75Cl2N3O8. The van der Waals surface area contributed by atoms with Gasteiger partial charge in [-0.05, 0) is 167 Å². The van der Waals surface area contributed by atoms with E-state index in [4.69, 9.17) is 25.8 Å². The molecule has 9 aromatic carbocycles. The maximum atomic E-state index is 13.2. The summed E-state index contributed by atoms with van der Waals surface area (Å²) in [7, 11) is 0. The Morgan fingerprint density at radius 2 is 0.618 bits per heavy atom. The third-order valence-corrected chi connectivity index (χ3v) is 15.6. The van der Waals surface area contributed by atoms with Gasteiger partial charge in [0.25, 0.3) is 5.24 Å². The van der Waals surface area contributed by atoms with Gasteiger partial charge in [-0.15, -0.1) is 0 Å². The average Bonchev–Trinajstić information content (AvgIpc) is 2.21. The number of carbonyl (C=O) groups is 5. The van der Waals surface area contributed by atoms with Gasteiger partial charge in [-0.1, -0.05) is 121 Å². The van der Waals surface area contributed by atoms with Crippen molar-refractivity contribution in [3.8, 4) is 0 Å². The van der Waals surface area contributed by atoms with E-state index in [1.807, 2.05) is 157 Å². The minimum absolute atomic E-state index is 0.00735. The molecule has 12 rings (SSSR count). The minimum atomic E-state index is -0.391. The van der Waals surface area contributed by atoms with Crippen LogP contribution in [0.5, 0.6) is 0 Å². The van der Waals surface area contributed by atoms with Crippen molar-refractivity contribution in [1.29, 1.82) is 0 Å². The lowest BCUT2D eigenvalue weighted by atomic mass is 9.97. The second-order valence-corrected chi connectivity index (χ2v) is 22.1. The lowest BCUT2D eigenvalue weighted by molar-refractivity contribution is -0.109. The van der Waals surface area contributed by atoms with Gasteiger partial charge >= 0.3 is 0 Å². The normalized spacial score (nSPS) is 10.9. The van der Waals surface area contributed by atoms with Crippen LogP contribution in [-0.4, -0.2) is 81.2 Å². The van der Waals surface area contributed by atoms with Crippen molar-refractivity contribution in [2.24, 2.45) is 0 Å². The van der Waals surface area contributed by atoms with Gasteiger partial charge in [0.1, 0.15) is 0 Å². The topological polar surface area (TPSA) is 128 Å². The van der Waals surface area contributed by atoms with Crippen LogP contribution in [0, 0.1) is 20.8 Å². The number of carbonyl (C=O) groups excluding carboxylic acids is 5. The van der Waals surface area contributed by atoms with Crippen molar-refractivity contribution < 1.29 is 38.2 Å². The molecule has 3 heterocycles. The van der Waals surface area contributed by atoms with Gasteiger partial charge in [0.2, 0.25) is 5.24 Å². The fourth-order valence-corrected chi connectivity index (χ4v) is 11.3. The van der Waals surface area contributed by atoms with E-state index in [2.05, 4.69) is 98.1 Å². The number of halogens is 2. The lowest BCUT2D eigenvalue weighted by Crippen LogP contribution is -2.06. The first-order valence-corrected chi connectivity index (χ1v) is 30.7. The van der Waals surface area contributed by atoms with Crippen LogP contribution in [0.15, 0.2) is 200 Å². The fraction of sp³-hybridized carbons (Fsp3) is 0.224. The number of fused-ring (bicyclic) bond motifs is 9. The number of ether oxygens (including phenoxy) is 3. The summed E-state index contributed by atoms with van der Waals surface area (Å²) in [6, 6.07) is 65.7. The Labute approximate surface area is 530 Å². The van der Waals surface area contributed by atoms with Crippen LogP contribution in [0.25, 0.3) is 65.4 Å². The van der Waals surface area contributed by atoms with Gasteiger partial charge < -0.3 is 27.9 Å². The Bertz CT molecular complexity index is 4420. The fourth-order valence-electron chi connectivity index (χ4n) is 11.0. The average molecular weight is 1230 g/mol. The predicted molar refractivity (Wildman–Crippen MR) is 365 cm³/mol. The molecule has 0 amide bonds. The minimum Gasteiger partial charge on any atom is -0.380 e. The van der Waals surface area contributed by atoms with E-state index in [1.54, 1.807) is 19.1 Å².